The Bertz CT molecular complexity index is 538. The number of thioether (sulfide) groups is 1. The Morgan fingerprint density at radius 3 is 2.85 bits per heavy atom. The fraction of sp³-hybridized carbons (Fsp3) is 0.667. The van der Waals surface area contributed by atoms with Crippen LogP contribution in [-0.4, -0.2) is 24.9 Å². The first-order valence-corrected chi connectivity index (χ1v) is 7.83. The average Bonchev–Trinajstić information content (AvgIpc) is 3.08. The van der Waals surface area contributed by atoms with Crippen molar-refractivity contribution < 1.29 is 4.52 Å². The van der Waals surface area contributed by atoms with Gasteiger partial charge < -0.3 is 14.8 Å². The number of aryl methyl sites for hydroxylation is 1. The van der Waals surface area contributed by atoms with Crippen molar-refractivity contribution in [3.05, 3.63) is 17.5 Å². The van der Waals surface area contributed by atoms with Gasteiger partial charge in [-0.2, -0.15) is 4.98 Å². The zero-order valence-electron chi connectivity index (χ0n) is 11.9. The van der Waals surface area contributed by atoms with Crippen LogP contribution in [0, 0.1) is 0 Å². The van der Waals surface area contributed by atoms with Crippen LogP contribution >= 0.6 is 11.8 Å². The maximum Gasteiger partial charge on any atom is 0.237 e. The van der Waals surface area contributed by atoms with E-state index in [-0.39, 0.29) is 0 Å². The first kappa shape index (κ1) is 15.0. The Morgan fingerprint density at radius 1 is 1.30 bits per heavy atom. The highest BCUT2D eigenvalue weighted by atomic mass is 32.2. The number of nitrogens with two attached hydrogens (primary N) is 1. The predicted molar refractivity (Wildman–Crippen MR) is 76.1 cm³/mol. The van der Waals surface area contributed by atoms with E-state index in [1.165, 1.54) is 11.8 Å². The molecule has 0 saturated carbocycles. The van der Waals surface area contributed by atoms with E-state index < -0.39 is 0 Å². The molecule has 8 heteroatoms. The van der Waals surface area contributed by atoms with Gasteiger partial charge in [0.1, 0.15) is 5.82 Å². The van der Waals surface area contributed by atoms with Gasteiger partial charge in [0.25, 0.3) is 0 Å². The lowest BCUT2D eigenvalue weighted by Crippen LogP contribution is -2.08. The number of rotatable bonds is 8. The first-order valence-electron chi connectivity index (χ1n) is 6.84. The van der Waals surface area contributed by atoms with Crippen molar-refractivity contribution in [2.24, 2.45) is 5.73 Å². The van der Waals surface area contributed by atoms with E-state index in [2.05, 4.69) is 27.3 Å². The zero-order chi connectivity index (χ0) is 14.4. The van der Waals surface area contributed by atoms with Gasteiger partial charge in [0.15, 0.2) is 11.0 Å². The van der Waals surface area contributed by atoms with E-state index in [9.17, 15) is 0 Å². The third-order valence-electron chi connectivity index (χ3n) is 2.88. The lowest BCUT2D eigenvalue weighted by molar-refractivity contribution is 0.384. The standard InChI is InChI=1S/C12H20N6OS/c1-3-5-6-9-14-11(19-17-9)8-20-12-16-15-10(7-13)18(12)4-2/h3-8,13H2,1-2H3. The third-order valence-corrected chi connectivity index (χ3v) is 3.83. The van der Waals surface area contributed by atoms with Gasteiger partial charge in [-0.15, -0.1) is 10.2 Å². The van der Waals surface area contributed by atoms with Gasteiger partial charge in [-0.1, -0.05) is 30.3 Å². The summed E-state index contributed by atoms with van der Waals surface area (Å²) in [5, 5.41) is 13.0. The predicted octanol–water partition coefficient (Wildman–Crippen LogP) is 1.77. The summed E-state index contributed by atoms with van der Waals surface area (Å²) >= 11 is 1.54. The molecule has 0 radical (unpaired) electrons. The monoisotopic (exact) mass is 296 g/mol. The molecule has 2 aromatic rings. The van der Waals surface area contributed by atoms with Gasteiger partial charge in [0.05, 0.1) is 12.3 Å². The molecule has 110 valence electrons. The Balaban J connectivity index is 1.94. The van der Waals surface area contributed by atoms with Crippen LogP contribution in [0.2, 0.25) is 0 Å². The summed E-state index contributed by atoms with van der Waals surface area (Å²) in [4.78, 5) is 4.36. The van der Waals surface area contributed by atoms with Crippen molar-refractivity contribution in [3.63, 3.8) is 0 Å². The smallest absolute Gasteiger partial charge is 0.237 e. The number of aromatic nitrogens is 5. The molecule has 20 heavy (non-hydrogen) atoms. The fourth-order valence-corrected chi connectivity index (χ4v) is 2.66. The summed E-state index contributed by atoms with van der Waals surface area (Å²) in [5.74, 6) is 2.80. The van der Waals surface area contributed by atoms with Gasteiger partial charge in [-0.25, -0.2) is 0 Å². The highest BCUT2D eigenvalue weighted by molar-refractivity contribution is 7.98. The van der Waals surface area contributed by atoms with Crippen LogP contribution in [-0.2, 0) is 25.3 Å². The van der Waals surface area contributed by atoms with Crippen molar-refractivity contribution in [2.45, 2.75) is 57.1 Å². The highest BCUT2D eigenvalue weighted by Crippen LogP contribution is 2.21. The second-order valence-electron chi connectivity index (χ2n) is 4.34. The van der Waals surface area contributed by atoms with Crippen molar-refractivity contribution in [2.75, 3.05) is 0 Å². The van der Waals surface area contributed by atoms with Crippen LogP contribution in [0.3, 0.4) is 0 Å². The van der Waals surface area contributed by atoms with Crippen molar-refractivity contribution in [1.29, 1.82) is 0 Å². The summed E-state index contributed by atoms with van der Waals surface area (Å²) in [7, 11) is 0. The van der Waals surface area contributed by atoms with Crippen LogP contribution in [0.1, 0.15) is 44.2 Å². The summed E-state index contributed by atoms with van der Waals surface area (Å²) in [6.07, 6.45) is 3.07. The van der Waals surface area contributed by atoms with Crippen molar-refractivity contribution in [3.8, 4) is 0 Å². The Hall–Kier alpha value is -1.41. The second kappa shape index (κ2) is 7.39. The van der Waals surface area contributed by atoms with Crippen LogP contribution in [0.4, 0.5) is 0 Å². The molecule has 0 aliphatic heterocycles. The average molecular weight is 296 g/mol. The van der Waals surface area contributed by atoms with Crippen LogP contribution < -0.4 is 5.73 Å². The minimum atomic E-state index is 0.392. The van der Waals surface area contributed by atoms with Gasteiger partial charge in [0.2, 0.25) is 5.89 Å². The largest absolute Gasteiger partial charge is 0.338 e. The van der Waals surface area contributed by atoms with Gasteiger partial charge >= 0.3 is 0 Å². The van der Waals surface area contributed by atoms with E-state index in [0.29, 0.717) is 18.2 Å². The maximum atomic E-state index is 5.62. The molecule has 0 bridgehead atoms. The quantitative estimate of drug-likeness (QED) is 0.742. The topological polar surface area (TPSA) is 95.6 Å². The molecule has 0 aromatic carbocycles. The highest BCUT2D eigenvalue weighted by Gasteiger charge is 2.12. The minimum Gasteiger partial charge on any atom is -0.338 e. The summed E-state index contributed by atoms with van der Waals surface area (Å²) in [6.45, 7) is 5.38. The SMILES string of the molecule is CCCCc1noc(CSc2nnc(CN)n2CC)n1. The van der Waals surface area contributed by atoms with Gasteiger partial charge in [0, 0.05) is 13.0 Å². The molecule has 2 N–H and O–H groups in total. The maximum absolute atomic E-state index is 5.62. The van der Waals surface area contributed by atoms with E-state index in [0.717, 1.165) is 42.6 Å². The Kier molecular flexibility index (Phi) is 5.54. The number of unbranched alkanes of at least 4 members (excludes halogenated alkanes) is 1. The van der Waals surface area contributed by atoms with E-state index in [4.69, 9.17) is 10.3 Å². The van der Waals surface area contributed by atoms with E-state index >= 15 is 0 Å². The summed E-state index contributed by atoms with van der Waals surface area (Å²) < 4.78 is 7.23. The zero-order valence-corrected chi connectivity index (χ0v) is 12.7. The molecular weight excluding hydrogens is 276 g/mol. The Labute approximate surface area is 122 Å². The van der Waals surface area contributed by atoms with Crippen LogP contribution in [0.25, 0.3) is 0 Å². The normalized spacial score (nSPS) is 11.2. The second-order valence-corrected chi connectivity index (χ2v) is 5.29. The van der Waals surface area contributed by atoms with Crippen LogP contribution in [0.5, 0.6) is 0 Å². The van der Waals surface area contributed by atoms with Gasteiger partial charge in [-0.3, -0.25) is 0 Å². The molecule has 0 aliphatic carbocycles. The molecular formula is C12H20N6OS. The molecule has 0 amide bonds. The molecule has 2 aromatic heterocycles. The number of hydrogen-bond donors (Lipinski definition) is 1. The van der Waals surface area contributed by atoms with Crippen molar-refractivity contribution in [1.82, 2.24) is 24.9 Å². The number of nitrogens with zero attached hydrogens (tertiary/aromatic N) is 5. The molecule has 0 unspecified atom stereocenters. The van der Waals surface area contributed by atoms with E-state index in [1.807, 2.05) is 11.5 Å². The van der Waals surface area contributed by atoms with Crippen LogP contribution in [0.15, 0.2) is 9.68 Å². The molecule has 2 heterocycles. The molecule has 0 fully saturated rings. The molecule has 0 spiro atoms. The van der Waals surface area contributed by atoms with Gasteiger partial charge in [-0.05, 0) is 13.3 Å². The molecule has 0 aliphatic rings. The Morgan fingerprint density at radius 2 is 2.15 bits per heavy atom. The molecule has 0 saturated heterocycles. The van der Waals surface area contributed by atoms with E-state index in [1.54, 1.807) is 0 Å². The lowest BCUT2D eigenvalue weighted by atomic mass is 10.2. The minimum absolute atomic E-state index is 0.392. The third kappa shape index (κ3) is 3.57. The molecule has 0 atom stereocenters. The molecule has 7 nitrogen and oxygen atoms in total. The molecule has 2 rings (SSSR count). The summed E-state index contributed by atoms with van der Waals surface area (Å²) in [5.41, 5.74) is 5.62. The fourth-order valence-electron chi connectivity index (χ4n) is 1.81. The summed E-state index contributed by atoms with van der Waals surface area (Å²) in [6, 6.07) is 0. The first-order chi connectivity index (χ1) is 9.78. The number of hydrogen-bond acceptors (Lipinski definition) is 7. The lowest BCUT2D eigenvalue weighted by Gasteiger charge is -2.04. The van der Waals surface area contributed by atoms with Crippen molar-refractivity contribution >= 4 is 11.8 Å².